The van der Waals surface area contributed by atoms with Gasteiger partial charge in [0, 0.05) is 29.8 Å². The fraction of sp³-hybridized carbons (Fsp3) is 0.125. The van der Waals surface area contributed by atoms with Gasteiger partial charge in [-0.25, -0.2) is 9.78 Å². The maximum absolute atomic E-state index is 11.6. The maximum Gasteiger partial charge on any atom is 0.327 e. The smallest absolute Gasteiger partial charge is 0.327 e. The predicted molar refractivity (Wildman–Crippen MR) is 85.1 cm³/mol. The zero-order valence-electron chi connectivity index (χ0n) is 12.4. The highest BCUT2D eigenvalue weighted by Gasteiger charge is 2.04. The van der Waals surface area contributed by atoms with Crippen molar-refractivity contribution in [1.29, 1.82) is 0 Å². The highest BCUT2D eigenvalue weighted by molar-refractivity contribution is 5.92. The number of hydrogen-bond donors (Lipinski definition) is 3. The van der Waals surface area contributed by atoms with E-state index in [2.05, 4.69) is 15.3 Å². The molecule has 0 unspecified atom stereocenters. The number of H-pyrrole nitrogens is 1. The van der Waals surface area contributed by atoms with Crippen LogP contribution in [0.15, 0.2) is 47.3 Å². The van der Waals surface area contributed by atoms with Gasteiger partial charge in [0.05, 0.1) is 5.69 Å². The van der Waals surface area contributed by atoms with Gasteiger partial charge in [-0.15, -0.1) is 0 Å². The number of rotatable bonds is 5. The van der Waals surface area contributed by atoms with Crippen molar-refractivity contribution in [3.05, 3.63) is 58.7 Å². The van der Waals surface area contributed by atoms with E-state index in [1.54, 1.807) is 31.2 Å². The Kier molecular flexibility index (Phi) is 5.03. The molecule has 7 heteroatoms. The molecule has 0 saturated heterocycles. The van der Waals surface area contributed by atoms with Crippen LogP contribution in [0.25, 0.3) is 11.3 Å². The zero-order chi connectivity index (χ0) is 16.8. The number of aromatic amines is 1. The van der Waals surface area contributed by atoms with Crippen LogP contribution in [0.4, 0.5) is 5.69 Å². The van der Waals surface area contributed by atoms with Crippen molar-refractivity contribution in [1.82, 2.24) is 9.97 Å². The van der Waals surface area contributed by atoms with Gasteiger partial charge in [-0.3, -0.25) is 9.59 Å². The Morgan fingerprint density at radius 3 is 2.61 bits per heavy atom. The van der Waals surface area contributed by atoms with E-state index in [0.717, 1.165) is 11.6 Å². The average Bonchev–Trinajstić information content (AvgIpc) is 2.46. The normalized spacial score (nSPS) is 10.7. The number of amides is 1. The summed E-state index contributed by atoms with van der Waals surface area (Å²) in [6.07, 6.45) is 2.17. The molecular weight excluding hydrogens is 298 g/mol. The third-order valence-corrected chi connectivity index (χ3v) is 2.89. The first-order valence-corrected chi connectivity index (χ1v) is 6.82. The molecule has 1 amide bonds. The summed E-state index contributed by atoms with van der Waals surface area (Å²) in [5.41, 5.74) is 1.65. The van der Waals surface area contributed by atoms with Crippen molar-refractivity contribution in [2.45, 2.75) is 13.3 Å². The molecule has 2 aromatic rings. The molecule has 0 atom stereocenters. The summed E-state index contributed by atoms with van der Waals surface area (Å²) >= 11 is 0. The van der Waals surface area contributed by atoms with Gasteiger partial charge >= 0.3 is 5.97 Å². The summed E-state index contributed by atoms with van der Waals surface area (Å²) in [5.74, 6) is -0.890. The minimum Gasteiger partial charge on any atom is -0.478 e. The van der Waals surface area contributed by atoms with Crippen LogP contribution in [0.3, 0.4) is 0 Å². The monoisotopic (exact) mass is 313 g/mol. The van der Waals surface area contributed by atoms with Crippen LogP contribution in [-0.4, -0.2) is 27.0 Å². The lowest BCUT2D eigenvalue weighted by molar-refractivity contribution is -0.131. The molecule has 23 heavy (non-hydrogen) atoms. The summed E-state index contributed by atoms with van der Waals surface area (Å²) < 4.78 is 0. The molecule has 0 aliphatic carbocycles. The minimum absolute atomic E-state index is 0.0249. The molecule has 0 saturated carbocycles. The summed E-state index contributed by atoms with van der Waals surface area (Å²) in [6.45, 7) is 1.70. The number of hydrogen-bond acceptors (Lipinski definition) is 4. The highest BCUT2D eigenvalue weighted by Crippen LogP contribution is 2.18. The molecular formula is C16H15N3O4. The van der Waals surface area contributed by atoms with E-state index in [1.165, 1.54) is 12.1 Å². The van der Waals surface area contributed by atoms with E-state index >= 15 is 0 Å². The standard InChI is InChI=1S/C16H15N3O4/c1-10-17-13(9-15(21)18-10)11-5-7-12(8-6-11)19-14(20)3-2-4-16(22)23/h2,4-9H,3H2,1H3,(H,19,20)(H,22,23)(H,17,18,21). The third-order valence-electron chi connectivity index (χ3n) is 2.89. The Labute approximate surface area is 131 Å². The first kappa shape index (κ1) is 16.2. The molecule has 0 radical (unpaired) electrons. The largest absolute Gasteiger partial charge is 0.478 e. The van der Waals surface area contributed by atoms with Gasteiger partial charge < -0.3 is 15.4 Å². The Morgan fingerprint density at radius 2 is 2.00 bits per heavy atom. The Balaban J connectivity index is 2.06. The van der Waals surface area contributed by atoms with Gasteiger partial charge in [0.1, 0.15) is 5.82 Å². The van der Waals surface area contributed by atoms with E-state index in [9.17, 15) is 14.4 Å². The van der Waals surface area contributed by atoms with Crippen LogP contribution in [-0.2, 0) is 9.59 Å². The Bertz CT molecular complexity index is 807. The van der Waals surface area contributed by atoms with Gasteiger partial charge in [0.25, 0.3) is 5.56 Å². The van der Waals surface area contributed by atoms with Crippen molar-refractivity contribution in [2.75, 3.05) is 5.32 Å². The number of aryl methyl sites for hydroxylation is 1. The molecule has 3 N–H and O–H groups in total. The SMILES string of the molecule is Cc1nc(-c2ccc(NC(=O)CC=CC(=O)O)cc2)cc(=O)[nH]1. The van der Waals surface area contributed by atoms with Gasteiger partial charge in [0.2, 0.25) is 5.91 Å². The first-order valence-electron chi connectivity index (χ1n) is 6.82. The van der Waals surface area contributed by atoms with Gasteiger partial charge in [0.15, 0.2) is 0 Å². The number of anilines is 1. The van der Waals surface area contributed by atoms with E-state index in [4.69, 9.17) is 5.11 Å². The number of carboxylic acids is 1. The van der Waals surface area contributed by atoms with Gasteiger partial charge in [-0.2, -0.15) is 0 Å². The second-order valence-corrected chi connectivity index (χ2v) is 4.79. The molecule has 118 valence electrons. The van der Waals surface area contributed by atoms with Gasteiger partial charge in [-0.05, 0) is 19.1 Å². The number of benzene rings is 1. The lowest BCUT2D eigenvalue weighted by Crippen LogP contribution is -2.10. The molecule has 1 heterocycles. The lowest BCUT2D eigenvalue weighted by atomic mass is 10.1. The molecule has 1 aromatic heterocycles. The molecule has 2 rings (SSSR count). The topological polar surface area (TPSA) is 112 Å². The number of nitrogens with one attached hydrogen (secondary N) is 2. The zero-order valence-corrected chi connectivity index (χ0v) is 12.4. The van der Waals surface area contributed by atoms with Crippen LogP contribution < -0.4 is 10.9 Å². The first-order chi connectivity index (χ1) is 10.9. The second kappa shape index (κ2) is 7.17. The molecule has 7 nitrogen and oxygen atoms in total. The summed E-state index contributed by atoms with van der Waals surface area (Å²) in [5, 5.41) is 11.1. The second-order valence-electron chi connectivity index (χ2n) is 4.79. The number of carbonyl (C=O) groups excluding carboxylic acids is 1. The minimum atomic E-state index is -1.09. The van der Waals surface area contributed by atoms with Crippen LogP contribution in [0, 0.1) is 6.92 Å². The molecule has 0 fully saturated rings. The summed E-state index contributed by atoms with van der Waals surface area (Å²) in [6, 6.07) is 8.25. The van der Waals surface area contributed by atoms with E-state index in [1.807, 2.05) is 0 Å². The fourth-order valence-corrected chi connectivity index (χ4v) is 1.93. The molecule has 0 spiro atoms. The molecule has 1 aromatic carbocycles. The van der Waals surface area contributed by atoms with Crippen LogP contribution in [0.1, 0.15) is 12.2 Å². The Morgan fingerprint density at radius 1 is 1.30 bits per heavy atom. The van der Waals surface area contributed by atoms with Crippen molar-refractivity contribution in [2.24, 2.45) is 0 Å². The number of aromatic nitrogens is 2. The molecule has 0 bridgehead atoms. The maximum atomic E-state index is 11.6. The van der Waals surface area contributed by atoms with Crippen LogP contribution >= 0.6 is 0 Å². The third kappa shape index (κ3) is 4.92. The molecule has 0 aliphatic heterocycles. The van der Waals surface area contributed by atoms with Crippen molar-refractivity contribution in [3.63, 3.8) is 0 Å². The van der Waals surface area contributed by atoms with E-state index < -0.39 is 5.97 Å². The molecule has 0 aliphatic rings. The summed E-state index contributed by atoms with van der Waals surface area (Å²) in [7, 11) is 0. The van der Waals surface area contributed by atoms with Crippen LogP contribution in [0.5, 0.6) is 0 Å². The van der Waals surface area contributed by atoms with Crippen molar-refractivity contribution < 1.29 is 14.7 Å². The number of nitrogens with zero attached hydrogens (tertiary/aromatic N) is 1. The number of carboxylic acid groups (broad SMARTS) is 1. The van der Waals surface area contributed by atoms with Crippen molar-refractivity contribution >= 4 is 17.6 Å². The highest BCUT2D eigenvalue weighted by atomic mass is 16.4. The fourth-order valence-electron chi connectivity index (χ4n) is 1.93. The number of aliphatic carboxylic acids is 1. The Hall–Kier alpha value is -3.22. The number of carbonyl (C=O) groups is 2. The van der Waals surface area contributed by atoms with Gasteiger partial charge in [-0.1, -0.05) is 18.2 Å². The van der Waals surface area contributed by atoms with E-state index in [0.29, 0.717) is 17.2 Å². The van der Waals surface area contributed by atoms with E-state index in [-0.39, 0.29) is 17.9 Å². The van der Waals surface area contributed by atoms with Crippen LogP contribution in [0.2, 0.25) is 0 Å². The van der Waals surface area contributed by atoms with Crippen molar-refractivity contribution in [3.8, 4) is 11.3 Å². The quantitative estimate of drug-likeness (QED) is 0.727. The lowest BCUT2D eigenvalue weighted by Gasteiger charge is -2.05. The summed E-state index contributed by atoms with van der Waals surface area (Å²) in [4.78, 5) is 40.2. The predicted octanol–water partition coefficient (Wildman–Crippen LogP) is 1.71. The average molecular weight is 313 g/mol.